The van der Waals surface area contributed by atoms with E-state index in [0.717, 1.165) is 12.1 Å². The summed E-state index contributed by atoms with van der Waals surface area (Å²) in [5, 5.41) is 0. The first kappa shape index (κ1) is 29.8. The van der Waals surface area contributed by atoms with E-state index >= 15 is 0 Å². The fourth-order valence-corrected chi connectivity index (χ4v) is 2.26. The fourth-order valence-electron chi connectivity index (χ4n) is 2.26. The third-order valence-corrected chi connectivity index (χ3v) is 4.35. The van der Waals surface area contributed by atoms with Crippen LogP contribution in [0.5, 0.6) is 0 Å². The summed E-state index contributed by atoms with van der Waals surface area (Å²) in [7, 11) is 0. The fraction of sp³-hybridized carbons (Fsp3) is 0.667. The third-order valence-electron chi connectivity index (χ3n) is 4.35. The van der Waals surface area contributed by atoms with Crippen molar-refractivity contribution in [3.63, 3.8) is 0 Å². The van der Waals surface area contributed by atoms with E-state index in [1.807, 2.05) is 0 Å². The molecule has 0 saturated heterocycles. The number of rotatable bonds is 9. The first-order chi connectivity index (χ1) is 14.7. The molecule has 1 aromatic heterocycles. The van der Waals surface area contributed by atoms with Crippen LogP contribution < -0.4 is 5.56 Å². The molecule has 2 nitrogen and oxygen atoms in total. The van der Waals surface area contributed by atoms with E-state index in [-0.39, 0.29) is 4.57 Å². The highest BCUT2D eigenvalue weighted by Gasteiger charge is 2.95. The van der Waals surface area contributed by atoms with Crippen molar-refractivity contribution in [3.05, 3.63) is 34.7 Å². The van der Waals surface area contributed by atoms with Crippen molar-refractivity contribution < 1.29 is 74.6 Å². The lowest BCUT2D eigenvalue weighted by atomic mass is 9.88. The summed E-state index contributed by atoms with van der Waals surface area (Å²) < 4.78 is 223. The molecule has 19 heteroatoms. The minimum atomic E-state index is -8.65. The van der Waals surface area contributed by atoms with Crippen molar-refractivity contribution in [3.8, 4) is 0 Å². The molecule has 0 N–H and O–H groups in total. The Hall–Kier alpha value is -2.24. The molecule has 34 heavy (non-hydrogen) atoms. The van der Waals surface area contributed by atoms with Gasteiger partial charge in [-0.15, -0.1) is 0 Å². The van der Waals surface area contributed by atoms with Crippen LogP contribution in [0.4, 0.5) is 74.6 Å². The summed E-state index contributed by atoms with van der Waals surface area (Å²) in [6.45, 7) is -1.66. The Balaban J connectivity index is 3.50. The van der Waals surface area contributed by atoms with Gasteiger partial charge in [0.05, 0.1) is 0 Å². The molecular formula is C15H8F17NO. The zero-order valence-electron chi connectivity index (χ0n) is 15.5. The maximum atomic E-state index is 13.7. The van der Waals surface area contributed by atoms with E-state index in [1.54, 1.807) is 0 Å². The Kier molecular flexibility index (Phi) is 7.16. The van der Waals surface area contributed by atoms with Crippen LogP contribution in [0.2, 0.25) is 0 Å². The largest absolute Gasteiger partial charge is 0.460 e. The molecule has 1 aromatic rings. The minimum Gasteiger partial charge on any atom is -0.315 e. The van der Waals surface area contributed by atoms with Crippen molar-refractivity contribution in [2.75, 3.05) is 0 Å². The molecule has 0 unspecified atom stereocenters. The van der Waals surface area contributed by atoms with Gasteiger partial charge in [0.2, 0.25) is 0 Å². The highest BCUT2D eigenvalue weighted by atomic mass is 19.4. The summed E-state index contributed by atoms with van der Waals surface area (Å²) in [5.41, 5.74) is -1.24. The van der Waals surface area contributed by atoms with Gasteiger partial charge in [0.15, 0.2) is 0 Å². The molecule has 0 radical (unpaired) electrons. The highest BCUT2D eigenvalue weighted by Crippen LogP contribution is 2.64. The summed E-state index contributed by atoms with van der Waals surface area (Å²) in [6, 6.07) is 2.49. The third kappa shape index (κ3) is 4.07. The van der Waals surface area contributed by atoms with Crippen LogP contribution in [0.15, 0.2) is 29.2 Å². The lowest BCUT2D eigenvalue weighted by Crippen LogP contribution is -2.74. The number of pyridine rings is 1. The van der Waals surface area contributed by atoms with Gasteiger partial charge >= 0.3 is 47.6 Å². The van der Waals surface area contributed by atoms with E-state index in [2.05, 4.69) is 0 Å². The number of nitrogens with zero attached hydrogens (tertiary/aromatic N) is 1. The Morgan fingerprint density at radius 1 is 0.559 bits per heavy atom. The Morgan fingerprint density at radius 2 is 0.941 bits per heavy atom. The van der Waals surface area contributed by atoms with Crippen LogP contribution in [0.25, 0.3) is 0 Å². The van der Waals surface area contributed by atoms with Crippen LogP contribution >= 0.6 is 0 Å². The predicted octanol–water partition coefficient (Wildman–Crippen LogP) is 6.25. The van der Waals surface area contributed by atoms with Gasteiger partial charge in [-0.3, -0.25) is 4.79 Å². The average Bonchev–Trinajstić information content (AvgIpc) is 2.65. The number of hydrogen-bond donors (Lipinski definition) is 0. The summed E-state index contributed by atoms with van der Waals surface area (Å²) in [5.74, 6) is -56.6. The maximum absolute atomic E-state index is 13.7. The van der Waals surface area contributed by atoms with E-state index in [0.29, 0.717) is 12.3 Å². The van der Waals surface area contributed by atoms with E-state index < -0.39 is 66.2 Å². The monoisotopic (exact) mass is 541 g/mol. The normalized spacial score (nSPS) is 15.6. The number of aromatic nitrogens is 1. The van der Waals surface area contributed by atoms with Gasteiger partial charge in [0.25, 0.3) is 5.56 Å². The predicted molar refractivity (Wildman–Crippen MR) is 76.0 cm³/mol. The van der Waals surface area contributed by atoms with Crippen LogP contribution in [0.3, 0.4) is 0 Å². The van der Waals surface area contributed by atoms with Crippen LogP contribution in [0, 0.1) is 0 Å². The SMILES string of the molecule is O=c1ccccn1CCC(F)(F)C(F)(F)C(F)(F)C(F)(F)C(F)(F)C(F)(F)C(F)(F)C(F)(F)F. The zero-order chi connectivity index (χ0) is 27.4. The van der Waals surface area contributed by atoms with Crippen LogP contribution in [-0.2, 0) is 6.54 Å². The molecule has 0 aliphatic carbocycles. The number of alkyl halides is 17. The molecule has 0 fully saturated rings. The van der Waals surface area contributed by atoms with Crippen molar-refractivity contribution in [2.24, 2.45) is 0 Å². The molecule has 0 saturated carbocycles. The van der Waals surface area contributed by atoms with E-state index in [1.165, 1.54) is 0 Å². The lowest BCUT2D eigenvalue weighted by molar-refractivity contribution is -0.461. The van der Waals surface area contributed by atoms with Crippen molar-refractivity contribution >= 4 is 0 Å². The lowest BCUT2D eigenvalue weighted by Gasteiger charge is -2.42. The van der Waals surface area contributed by atoms with Gasteiger partial charge in [0, 0.05) is 25.2 Å². The maximum Gasteiger partial charge on any atom is 0.460 e. The Bertz CT molecular complexity index is 929. The van der Waals surface area contributed by atoms with Gasteiger partial charge in [-0.1, -0.05) is 6.07 Å². The van der Waals surface area contributed by atoms with Gasteiger partial charge in [0.1, 0.15) is 0 Å². The second-order valence-corrected chi connectivity index (χ2v) is 6.63. The quantitative estimate of drug-likeness (QED) is 0.339. The molecule has 0 bridgehead atoms. The standard InChI is InChI=1S/C15H8F17NO/c16-8(17,4-6-33-5-2-1-3-7(33)34)9(18,19)10(20,21)11(22,23)12(24,25)13(26,27)14(28,29)15(30,31)32/h1-3,5H,4,6H2. The molecule has 0 amide bonds. The number of hydrogen-bond acceptors (Lipinski definition) is 1. The second-order valence-electron chi connectivity index (χ2n) is 6.63. The number of aryl methyl sites for hydroxylation is 1. The Labute approximate surface area is 175 Å². The van der Waals surface area contributed by atoms with Gasteiger partial charge in [-0.05, 0) is 6.07 Å². The van der Waals surface area contributed by atoms with Gasteiger partial charge in [-0.25, -0.2) is 0 Å². The first-order valence-corrected chi connectivity index (χ1v) is 8.11. The van der Waals surface area contributed by atoms with Crippen LogP contribution in [0.1, 0.15) is 6.42 Å². The molecule has 1 rings (SSSR count). The topological polar surface area (TPSA) is 22.0 Å². The number of halogens is 17. The summed E-state index contributed by atoms with van der Waals surface area (Å²) in [6.07, 6.45) is -9.89. The van der Waals surface area contributed by atoms with Crippen molar-refractivity contribution in [1.29, 1.82) is 0 Å². The molecular weight excluding hydrogens is 533 g/mol. The van der Waals surface area contributed by atoms with Crippen LogP contribution in [-0.4, -0.2) is 52.2 Å². The van der Waals surface area contributed by atoms with E-state index in [4.69, 9.17) is 0 Å². The smallest absolute Gasteiger partial charge is 0.315 e. The first-order valence-electron chi connectivity index (χ1n) is 8.11. The summed E-state index contributed by atoms with van der Waals surface area (Å²) >= 11 is 0. The molecule has 0 aromatic carbocycles. The van der Waals surface area contributed by atoms with Gasteiger partial charge in [-0.2, -0.15) is 74.6 Å². The Morgan fingerprint density at radius 3 is 1.32 bits per heavy atom. The molecule has 0 aliphatic rings. The molecule has 198 valence electrons. The zero-order valence-corrected chi connectivity index (χ0v) is 15.5. The minimum absolute atomic E-state index is 0.118. The molecule has 0 spiro atoms. The second kappa shape index (κ2) is 8.17. The van der Waals surface area contributed by atoms with Gasteiger partial charge < -0.3 is 4.57 Å². The summed E-state index contributed by atoms with van der Waals surface area (Å²) in [4.78, 5) is 11.3. The van der Waals surface area contributed by atoms with Crippen molar-refractivity contribution in [1.82, 2.24) is 4.57 Å². The average molecular weight is 541 g/mol. The molecule has 1 heterocycles. The van der Waals surface area contributed by atoms with E-state index in [9.17, 15) is 79.4 Å². The highest BCUT2D eigenvalue weighted by molar-refractivity contribution is 5.15. The van der Waals surface area contributed by atoms with Crippen molar-refractivity contribution in [2.45, 2.75) is 60.6 Å². The molecule has 0 aliphatic heterocycles. The molecule has 0 atom stereocenters.